The minimum atomic E-state index is -0.0685. The van der Waals surface area contributed by atoms with Crippen molar-refractivity contribution in [3.63, 3.8) is 0 Å². The van der Waals surface area contributed by atoms with E-state index in [-0.39, 0.29) is 17.7 Å². The van der Waals surface area contributed by atoms with E-state index in [4.69, 9.17) is 0 Å². The number of aromatic nitrogens is 1. The summed E-state index contributed by atoms with van der Waals surface area (Å²) in [5, 5.41) is 15.0. The van der Waals surface area contributed by atoms with Gasteiger partial charge >= 0.3 is 0 Å². The topological polar surface area (TPSA) is 60.5 Å². The number of pyridine rings is 1. The first-order valence-corrected chi connectivity index (χ1v) is 8.49. The van der Waals surface area contributed by atoms with Gasteiger partial charge in [0.05, 0.1) is 26.4 Å². The van der Waals surface area contributed by atoms with Gasteiger partial charge in [-0.05, 0) is 17.8 Å². The van der Waals surface area contributed by atoms with Crippen LogP contribution in [0.15, 0.2) is 59.8 Å². The molecule has 0 spiro atoms. The lowest BCUT2D eigenvalue weighted by molar-refractivity contribution is -0.890. The Hall–Kier alpha value is -2.05. The summed E-state index contributed by atoms with van der Waals surface area (Å²) in [7, 11) is 4.14. The van der Waals surface area contributed by atoms with Gasteiger partial charge in [-0.15, -0.1) is 0 Å². The number of benzene rings is 1. The van der Waals surface area contributed by atoms with E-state index in [9.17, 15) is 10.0 Å². The van der Waals surface area contributed by atoms with Gasteiger partial charge in [0, 0.05) is 17.7 Å². The summed E-state index contributed by atoms with van der Waals surface area (Å²) < 4.78 is 0.773. The van der Waals surface area contributed by atoms with Crippen LogP contribution in [0.3, 0.4) is 0 Å². The zero-order valence-electron chi connectivity index (χ0n) is 13.4. The Morgan fingerprint density at radius 2 is 1.91 bits per heavy atom. The summed E-state index contributed by atoms with van der Waals surface area (Å²) in [4.78, 5) is 13.3. The van der Waals surface area contributed by atoms with Crippen LogP contribution in [0.5, 0.6) is 0 Å². The first-order chi connectivity index (χ1) is 11.1. The molecule has 0 radical (unpaired) electrons. The largest absolute Gasteiger partial charge is 0.618 e. The Morgan fingerprint density at radius 3 is 2.57 bits per heavy atom. The van der Waals surface area contributed by atoms with Gasteiger partial charge in [0.1, 0.15) is 6.04 Å². The lowest BCUT2D eigenvalue weighted by atomic mass is 10.1. The van der Waals surface area contributed by atoms with Gasteiger partial charge in [-0.3, -0.25) is 4.79 Å². The molecule has 0 saturated carbocycles. The summed E-state index contributed by atoms with van der Waals surface area (Å²) in [5.74, 6) is 0.164. The average Bonchev–Trinajstić information content (AvgIpc) is 2.55. The second-order valence-electron chi connectivity index (χ2n) is 5.50. The van der Waals surface area contributed by atoms with E-state index in [1.807, 2.05) is 18.2 Å². The molecule has 0 aliphatic heterocycles. The van der Waals surface area contributed by atoms with Crippen molar-refractivity contribution in [2.45, 2.75) is 11.1 Å². The van der Waals surface area contributed by atoms with E-state index >= 15 is 0 Å². The molecule has 0 aliphatic carbocycles. The van der Waals surface area contributed by atoms with Gasteiger partial charge in [0.15, 0.2) is 6.20 Å². The van der Waals surface area contributed by atoms with Gasteiger partial charge in [-0.2, -0.15) is 4.73 Å². The molecule has 1 atom stereocenters. The number of thioether (sulfide) groups is 1. The molecular weight excluding hydrogens is 310 g/mol. The minimum Gasteiger partial charge on any atom is -0.618 e. The van der Waals surface area contributed by atoms with Gasteiger partial charge < -0.3 is 15.4 Å². The number of rotatable bonds is 7. The lowest BCUT2D eigenvalue weighted by Gasteiger charge is -2.22. The molecule has 1 aromatic carbocycles. The predicted octanol–water partition coefficient (Wildman–Crippen LogP) is 0.414. The number of carbonyl (C=O) groups excluding carboxylic acids is 1. The first kappa shape index (κ1) is 17.3. The molecule has 2 rings (SSSR count). The fourth-order valence-corrected chi connectivity index (χ4v) is 3.02. The van der Waals surface area contributed by atoms with Crippen molar-refractivity contribution in [3.05, 3.63) is 65.5 Å². The Labute approximate surface area is 140 Å². The first-order valence-electron chi connectivity index (χ1n) is 7.50. The fraction of sp³-hybridized carbons (Fsp3) is 0.294. The van der Waals surface area contributed by atoms with Crippen LogP contribution < -0.4 is 14.9 Å². The maximum atomic E-state index is 12.0. The van der Waals surface area contributed by atoms with Crippen molar-refractivity contribution in [2.75, 3.05) is 26.4 Å². The monoisotopic (exact) mass is 332 g/mol. The minimum absolute atomic E-state index is 0.0685. The molecule has 1 heterocycles. The molecule has 5 nitrogen and oxygen atoms in total. The molecule has 0 unspecified atom stereocenters. The second-order valence-corrected chi connectivity index (χ2v) is 6.49. The molecule has 0 aliphatic rings. The van der Waals surface area contributed by atoms with Crippen molar-refractivity contribution in [1.82, 2.24) is 5.32 Å². The predicted molar refractivity (Wildman–Crippen MR) is 91.1 cm³/mol. The summed E-state index contributed by atoms with van der Waals surface area (Å²) in [6, 6.07) is 15.5. The Kier molecular flexibility index (Phi) is 6.43. The van der Waals surface area contributed by atoms with Crippen LogP contribution in [0.4, 0.5) is 0 Å². The van der Waals surface area contributed by atoms with Crippen LogP contribution >= 0.6 is 11.8 Å². The van der Waals surface area contributed by atoms with E-state index in [0.29, 0.717) is 11.6 Å². The quantitative estimate of drug-likeness (QED) is 0.439. The smallest absolute Gasteiger partial charge is 0.251 e. The van der Waals surface area contributed by atoms with Crippen LogP contribution in [-0.2, 0) is 4.79 Å². The molecule has 0 fully saturated rings. The molecule has 0 saturated heterocycles. The van der Waals surface area contributed by atoms with E-state index in [1.54, 1.807) is 18.2 Å². The van der Waals surface area contributed by atoms with Crippen LogP contribution in [0.25, 0.3) is 0 Å². The lowest BCUT2D eigenvalue weighted by Crippen LogP contribution is -3.07. The zero-order valence-corrected chi connectivity index (χ0v) is 14.2. The van der Waals surface area contributed by atoms with E-state index in [2.05, 4.69) is 31.5 Å². The molecule has 1 amide bonds. The van der Waals surface area contributed by atoms with Crippen LogP contribution in [0.2, 0.25) is 0 Å². The number of carbonyl (C=O) groups is 1. The Balaban J connectivity index is 1.86. The summed E-state index contributed by atoms with van der Waals surface area (Å²) >= 11 is 1.24. The van der Waals surface area contributed by atoms with Crippen LogP contribution in [0.1, 0.15) is 11.6 Å². The summed E-state index contributed by atoms with van der Waals surface area (Å²) in [5.41, 5.74) is 1.20. The van der Waals surface area contributed by atoms with Crippen molar-refractivity contribution >= 4 is 17.7 Å². The van der Waals surface area contributed by atoms with Gasteiger partial charge in [0.25, 0.3) is 5.03 Å². The van der Waals surface area contributed by atoms with Crippen molar-refractivity contribution in [3.8, 4) is 0 Å². The van der Waals surface area contributed by atoms with Crippen LogP contribution in [-0.4, -0.2) is 32.3 Å². The molecular formula is C17H22N3O2S+. The van der Waals surface area contributed by atoms with E-state index in [1.165, 1.54) is 28.4 Å². The molecule has 2 N–H and O–H groups in total. The molecule has 0 bridgehead atoms. The van der Waals surface area contributed by atoms with Crippen molar-refractivity contribution in [2.24, 2.45) is 0 Å². The number of likely N-dealkylation sites (N-methyl/N-ethyl adjacent to an activating group) is 1. The number of hydrogen-bond acceptors (Lipinski definition) is 3. The molecule has 23 heavy (non-hydrogen) atoms. The highest BCUT2D eigenvalue weighted by atomic mass is 32.2. The average molecular weight is 332 g/mol. The molecule has 6 heteroatoms. The number of nitrogens with zero attached hydrogens (tertiary/aromatic N) is 1. The third kappa shape index (κ3) is 5.26. The number of amides is 1. The van der Waals surface area contributed by atoms with E-state index in [0.717, 1.165) is 4.73 Å². The van der Waals surface area contributed by atoms with Gasteiger partial charge in [-0.1, -0.05) is 30.3 Å². The third-order valence-corrected chi connectivity index (χ3v) is 4.56. The standard InChI is InChI=1S/C17H21N3O2S/c1-19(2)15(14-8-4-3-5-9-14)12-18-16(21)13-23-17-10-6-7-11-20(17)22/h3-11,15H,12-13H2,1-2H3,(H,18,21)/p+1/t15-/m0/s1. The van der Waals surface area contributed by atoms with Gasteiger partial charge in [-0.25, -0.2) is 0 Å². The fourth-order valence-electron chi connectivity index (χ4n) is 2.27. The SMILES string of the molecule is C[NH+](C)[C@@H](CNC(=O)CSc1cccc[n+]1[O-])c1ccccc1. The van der Waals surface area contributed by atoms with Gasteiger partial charge in [0.2, 0.25) is 5.91 Å². The number of nitrogens with one attached hydrogen (secondary N) is 2. The highest BCUT2D eigenvalue weighted by Gasteiger charge is 2.18. The summed E-state index contributed by atoms with van der Waals surface area (Å²) in [6.07, 6.45) is 1.43. The highest BCUT2D eigenvalue weighted by Crippen LogP contribution is 2.12. The Bertz CT molecular complexity index is 635. The third-order valence-electron chi connectivity index (χ3n) is 3.54. The zero-order chi connectivity index (χ0) is 16.7. The molecule has 2 aromatic rings. The maximum Gasteiger partial charge on any atom is 0.251 e. The number of quaternary nitrogens is 1. The van der Waals surface area contributed by atoms with Crippen molar-refractivity contribution in [1.29, 1.82) is 0 Å². The van der Waals surface area contributed by atoms with E-state index < -0.39 is 0 Å². The second kappa shape index (κ2) is 8.55. The number of hydrogen-bond donors (Lipinski definition) is 2. The normalized spacial score (nSPS) is 12.1. The molecule has 122 valence electrons. The summed E-state index contributed by atoms with van der Waals surface area (Å²) in [6.45, 7) is 0.567. The molecule has 1 aromatic heterocycles. The maximum absolute atomic E-state index is 12.0. The highest BCUT2D eigenvalue weighted by molar-refractivity contribution is 7.99. The van der Waals surface area contributed by atoms with Crippen molar-refractivity contribution < 1.29 is 14.4 Å². The Morgan fingerprint density at radius 1 is 1.22 bits per heavy atom. The van der Waals surface area contributed by atoms with Crippen LogP contribution in [0, 0.1) is 5.21 Å².